The molecular formula is C43H47N7O7S. The summed E-state index contributed by atoms with van der Waals surface area (Å²) in [6, 6.07) is 23.5. The quantitative estimate of drug-likeness (QED) is 0.0706. The summed E-state index contributed by atoms with van der Waals surface area (Å²) in [6.07, 6.45) is 8.14. The van der Waals surface area contributed by atoms with Crippen molar-refractivity contribution >= 4 is 75.1 Å². The Hall–Kier alpha value is -6.22. The number of carbonyl (C=O) groups excluding carboxylic acids is 5. The Labute approximate surface area is 340 Å². The van der Waals surface area contributed by atoms with Gasteiger partial charge in [0, 0.05) is 55.9 Å². The summed E-state index contributed by atoms with van der Waals surface area (Å²) >= 11 is 1.71. The minimum Gasteiger partial charge on any atom is -0.548 e. The second-order valence-corrected chi connectivity index (χ2v) is 15.1. The Morgan fingerprint density at radius 3 is 2.52 bits per heavy atom. The molecule has 3 heterocycles. The highest BCUT2D eigenvalue weighted by molar-refractivity contribution is 8.03. The van der Waals surface area contributed by atoms with Crippen LogP contribution in [0.15, 0.2) is 93.3 Å². The largest absolute Gasteiger partial charge is 0.548 e. The van der Waals surface area contributed by atoms with E-state index < -0.39 is 30.4 Å². The lowest BCUT2D eigenvalue weighted by atomic mass is 10.1. The number of amides is 4. The highest BCUT2D eigenvalue weighted by Gasteiger charge is 2.25. The van der Waals surface area contributed by atoms with Gasteiger partial charge in [0.2, 0.25) is 35.0 Å². The number of aryl methyl sites for hydroxylation is 1. The lowest BCUT2D eigenvalue weighted by Gasteiger charge is -2.19. The van der Waals surface area contributed by atoms with Gasteiger partial charge in [-0.3, -0.25) is 19.2 Å². The van der Waals surface area contributed by atoms with E-state index in [1.54, 1.807) is 11.8 Å². The number of oxazole rings is 1. The van der Waals surface area contributed by atoms with E-state index in [2.05, 4.69) is 85.4 Å². The smallest absolute Gasteiger partial charge is 0.242 e. The molecule has 0 bridgehead atoms. The zero-order valence-electron chi connectivity index (χ0n) is 32.5. The molecule has 0 spiro atoms. The number of aromatic nitrogens is 2. The van der Waals surface area contributed by atoms with Crippen LogP contribution in [0.5, 0.6) is 0 Å². The van der Waals surface area contributed by atoms with Crippen LogP contribution in [0.2, 0.25) is 0 Å². The Balaban J connectivity index is 0.971. The summed E-state index contributed by atoms with van der Waals surface area (Å²) in [6.45, 7) is 1.57. The summed E-state index contributed by atoms with van der Waals surface area (Å²) in [5, 5.41) is 23.1. The molecule has 1 atom stereocenters. The van der Waals surface area contributed by atoms with Crippen LogP contribution in [-0.2, 0) is 30.5 Å². The van der Waals surface area contributed by atoms with Crippen LogP contribution in [0.25, 0.3) is 39.5 Å². The number of carboxylic acid groups (broad SMARTS) is 1. The standard InChI is InChI=1S/C43H47N7O7S/c1-28(51)44-21-10-9-14-33(42(56)46-27-41(54)55)47-39(53)26-45-38(52)17-4-3-11-22-50-23-20-29(31-12-5-7-15-34(31)50)25-40-49(2)35-19-18-30(24-37(35)58-40)43-48-32-13-6-8-16-36(32)57-43/h5-8,12-13,15-16,18-20,23-25,33H,3-4,9-11,14,17,21-22,26-27H2,1-2H3,(H4-,44,45,46,47,51,52,53,54,55,56)/t33-/m0/s1. The average molecular weight is 806 g/mol. The summed E-state index contributed by atoms with van der Waals surface area (Å²) in [5.41, 5.74) is 5.88. The van der Waals surface area contributed by atoms with Crippen LogP contribution in [0.1, 0.15) is 57.4 Å². The first kappa shape index (κ1) is 41.4. The number of thioether (sulfide) groups is 1. The maximum absolute atomic E-state index is 12.6. The lowest BCUT2D eigenvalue weighted by molar-refractivity contribution is -0.671. The molecule has 0 fully saturated rings. The first-order valence-corrected chi connectivity index (χ1v) is 20.2. The highest BCUT2D eigenvalue weighted by Crippen LogP contribution is 2.47. The summed E-state index contributed by atoms with van der Waals surface area (Å²) in [4.78, 5) is 67.5. The van der Waals surface area contributed by atoms with Crippen molar-refractivity contribution < 1.29 is 38.1 Å². The number of unbranched alkanes of at least 4 members (excludes halogenated alkanes) is 3. The zero-order valence-corrected chi connectivity index (χ0v) is 33.4. The van der Waals surface area contributed by atoms with Crippen LogP contribution in [0.4, 0.5) is 5.69 Å². The third-order valence-corrected chi connectivity index (χ3v) is 10.9. The minimum absolute atomic E-state index is 0.174. The number of pyridine rings is 1. The van der Waals surface area contributed by atoms with Gasteiger partial charge in [-0.2, -0.15) is 4.57 Å². The number of carboxylic acids is 1. The first-order chi connectivity index (χ1) is 28.0. The van der Waals surface area contributed by atoms with Gasteiger partial charge in [-0.15, -0.1) is 0 Å². The predicted molar refractivity (Wildman–Crippen MR) is 220 cm³/mol. The fourth-order valence-electron chi connectivity index (χ4n) is 6.74. The molecule has 302 valence electrons. The van der Waals surface area contributed by atoms with Gasteiger partial charge in [-0.1, -0.05) is 36.0 Å². The van der Waals surface area contributed by atoms with E-state index in [4.69, 9.17) is 4.42 Å². The highest BCUT2D eigenvalue weighted by atomic mass is 32.2. The molecule has 1 aliphatic rings. The first-order valence-electron chi connectivity index (χ1n) is 19.4. The number of carbonyl (C=O) groups is 5. The molecular weight excluding hydrogens is 759 g/mol. The topological polar surface area (TPSA) is 190 Å². The van der Waals surface area contributed by atoms with Gasteiger partial charge in [0.15, 0.2) is 11.8 Å². The van der Waals surface area contributed by atoms with Crippen LogP contribution in [-0.4, -0.2) is 67.3 Å². The number of nitrogens with one attached hydrogen (secondary N) is 4. The molecule has 14 nitrogen and oxygen atoms in total. The van der Waals surface area contributed by atoms with E-state index in [0.29, 0.717) is 31.7 Å². The molecule has 0 saturated heterocycles. The molecule has 0 aliphatic carbocycles. The Morgan fingerprint density at radius 1 is 0.897 bits per heavy atom. The lowest BCUT2D eigenvalue weighted by Crippen LogP contribution is -2.51. The number of rotatable bonds is 19. The van der Waals surface area contributed by atoms with Crippen molar-refractivity contribution in [2.75, 3.05) is 31.6 Å². The zero-order chi connectivity index (χ0) is 41.0. The average Bonchev–Trinajstić information content (AvgIpc) is 3.79. The number of nitrogens with zero attached hydrogens (tertiary/aromatic N) is 3. The second-order valence-electron chi connectivity index (χ2n) is 14.1. The molecule has 2 aromatic heterocycles. The van der Waals surface area contributed by atoms with Gasteiger partial charge in [0.1, 0.15) is 18.1 Å². The number of para-hydroxylation sites is 3. The van der Waals surface area contributed by atoms with Gasteiger partial charge in [0.05, 0.1) is 35.2 Å². The van der Waals surface area contributed by atoms with Gasteiger partial charge in [0.25, 0.3) is 0 Å². The van der Waals surface area contributed by atoms with Crippen molar-refractivity contribution in [3.05, 3.63) is 89.6 Å². The van der Waals surface area contributed by atoms with Crippen molar-refractivity contribution in [1.82, 2.24) is 26.3 Å². The molecule has 0 radical (unpaired) electrons. The van der Waals surface area contributed by atoms with Crippen molar-refractivity contribution in [1.29, 1.82) is 0 Å². The Kier molecular flexibility index (Phi) is 14.1. The van der Waals surface area contributed by atoms with E-state index in [1.165, 1.54) is 6.92 Å². The third kappa shape index (κ3) is 11.0. The number of hydrogen-bond acceptors (Lipinski definition) is 10. The molecule has 1 aliphatic heterocycles. The molecule has 4 amide bonds. The maximum Gasteiger partial charge on any atom is 0.242 e. The van der Waals surface area contributed by atoms with Crippen LogP contribution in [0.3, 0.4) is 0 Å². The molecule has 5 aromatic rings. The van der Waals surface area contributed by atoms with Crippen LogP contribution in [0, 0.1) is 0 Å². The van der Waals surface area contributed by atoms with Gasteiger partial charge >= 0.3 is 0 Å². The van der Waals surface area contributed by atoms with Crippen molar-refractivity contribution in [3.8, 4) is 11.5 Å². The molecule has 0 saturated carbocycles. The fraction of sp³-hybridized carbons (Fsp3) is 0.326. The normalized spacial score (nSPS) is 13.3. The molecule has 4 N–H and O–H groups in total. The van der Waals surface area contributed by atoms with Crippen LogP contribution < -0.4 is 35.8 Å². The van der Waals surface area contributed by atoms with Gasteiger partial charge < -0.3 is 40.5 Å². The number of hydrogen-bond donors (Lipinski definition) is 4. The van der Waals surface area contributed by atoms with Crippen molar-refractivity contribution in [2.45, 2.75) is 69.4 Å². The van der Waals surface area contributed by atoms with Gasteiger partial charge in [-0.05, 0) is 80.1 Å². The fourth-order valence-corrected chi connectivity index (χ4v) is 7.88. The maximum atomic E-state index is 12.6. The van der Waals surface area contributed by atoms with E-state index in [-0.39, 0.29) is 31.2 Å². The Bertz CT molecular complexity index is 2310. The minimum atomic E-state index is -1.46. The number of benzene rings is 3. The SMILES string of the molecule is CC(=O)NCCCC[C@H](NC(=O)CNC(=O)CCCCC[n+]1ccc(/C=C2\Sc3cc(-c4nc5ccccc5o4)ccc3N2C)c2ccccc21)C(=O)NCC(=O)[O-]. The number of anilines is 1. The van der Waals surface area contributed by atoms with E-state index in [1.807, 2.05) is 42.5 Å². The van der Waals surface area contributed by atoms with Crippen molar-refractivity contribution in [3.63, 3.8) is 0 Å². The third-order valence-electron chi connectivity index (χ3n) is 9.75. The molecule has 6 rings (SSSR count). The van der Waals surface area contributed by atoms with E-state index in [0.717, 1.165) is 68.1 Å². The van der Waals surface area contributed by atoms with Crippen LogP contribution >= 0.6 is 11.8 Å². The van der Waals surface area contributed by atoms with E-state index >= 15 is 0 Å². The summed E-state index contributed by atoms with van der Waals surface area (Å²) in [5.74, 6) is -2.54. The Morgan fingerprint density at radius 2 is 1.71 bits per heavy atom. The molecule has 15 heteroatoms. The number of aliphatic carboxylic acids is 1. The second kappa shape index (κ2) is 19.8. The van der Waals surface area contributed by atoms with Crippen molar-refractivity contribution in [2.24, 2.45) is 0 Å². The molecule has 58 heavy (non-hydrogen) atoms. The molecule has 0 unspecified atom stereocenters. The van der Waals surface area contributed by atoms with E-state index in [9.17, 15) is 29.1 Å². The summed E-state index contributed by atoms with van der Waals surface area (Å²) in [7, 11) is 2.08. The molecule has 3 aromatic carbocycles. The number of fused-ring (bicyclic) bond motifs is 3. The monoisotopic (exact) mass is 805 g/mol. The predicted octanol–water partition coefficient (Wildman–Crippen LogP) is 3.81. The summed E-state index contributed by atoms with van der Waals surface area (Å²) < 4.78 is 8.25. The van der Waals surface area contributed by atoms with Gasteiger partial charge in [-0.25, -0.2) is 4.98 Å².